The Bertz CT molecular complexity index is 1090. The average Bonchev–Trinajstić information content (AvgIpc) is 3.03. The molecule has 1 aliphatic carbocycles. The van der Waals surface area contributed by atoms with E-state index in [1.807, 2.05) is 24.3 Å². The third-order valence-corrected chi connectivity index (χ3v) is 4.90. The zero-order valence-corrected chi connectivity index (χ0v) is 15.4. The van der Waals surface area contributed by atoms with Gasteiger partial charge in [0.15, 0.2) is 5.69 Å². The molecule has 0 saturated carbocycles. The minimum absolute atomic E-state index is 0.00782. The van der Waals surface area contributed by atoms with E-state index in [0.29, 0.717) is 17.7 Å². The molecule has 27 heavy (non-hydrogen) atoms. The van der Waals surface area contributed by atoms with Gasteiger partial charge in [-0.15, -0.1) is 5.10 Å². The second-order valence-corrected chi connectivity index (χ2v) is 6.84. The van der Waals surface area contributed by atoms with Gasteiger partial charge >= 0.3 is 0 Å². The number of carbonyl (C=O) groups is 2. The third kappa shape index (κ3) is 3.05. The topological polar surface area (TPSA) is 103 Å². The molecule has 0 spiro atoms. The molecule has 2 heterocycles. The van der Waals surface area contributed by atoms with Gasteiger partial charge in [0.05, 0.1) is 16.3 Å². The lowest BCUT2D eigenvalue weighted by molar-refractivity contribution is 0.0983. The summed E-state index contributed by atoms with van der Waals surface area (Å²) in [5, 5.41) is 4.50. The van der Waals surface area contributed by atoms with E-state index in [-0.39, 0.29) is 21.4 Å². The average molecular weight is 402 g/mol. The van der Waals surface area contributed by atoms with Crippen LogP contribution in [0.2, 0.25) is 10.2 Å². The predicted molar refractivity (Wildman–Crippen MR) is 102 cm³/mol. The van der Waals surface area contributed by atoms with Gasteiger partial charge in [-0.25, -0.2) is 10.4 Å². The van der Waals surface area contributed by atoms with E-state index in [9.17, 15) is 9.59 Å². The summed E-state index contributed by atoms with van der Waals surface area (Å²) in [4.78, 5) is 29.7. The highest BCUT2D eigenvalue weighted by Gasteiger charge is 2.28. The number of nitrogens with one attached hydrogen (secondary N) is 1. The van der Waals surface area contributed by atoms with Gasteiger partial charge in [-0.1, -0.05) is 47.5 Å². The second kappa shape index (κ2) is 6.68. The molecular formula is C18H13Cl2N5O2. The number of hydrogen-bond donors (Lipinski definition) is 2. The van der Waals surface area contributed by atoms with Gasteiger partial charge in [0.25, 0.3) is 11.8 Å². The van der Waals surface area contributed by atoms with E-state index in [0.717, 1.165) is 17.5 Å². The smallest absolute Gasteiger partial charge is 0.274 e. The van der Waals surface area contributed by atoms with Crippen LogP contribution in [0.25, 0.3) is 11.3 Å². The normalized spacial score (nSPS) is 12.2. The van der Waals surface area contributed by atoms with Crippen molar-refractivity contribution in [3.8, 4) is 11.3 Å². The van der Waals surface area contributed by atoms with Crippen molar-refractivity contribution < 1.29 is 9.59 Å². The van der Waals surface area contributed by atoms with Crippen LogP contribution in [-0.4, -0.2) is 26.7 Å². The molecule has 0 radical (unpaired) electrons. The molecule has 0 saturated heterocycles. The molecule has 0 unspecified atom stereocenters. The van der Waals surface area contributed by atoms with Gasteiger partial charge < -0.3 is 5.73 Å². The van der Waals surface area contributed by atoms with E-state index in [1.54, 1.807) is 0 Å². The zero-order chi connectivity index (χ0) is 19.1. The van der Waals surface area contributed by atoms with Crippen molar-refractivity contribution in [1.82, 2.24) is 14.9 Å². The molecule has 7 nitrogen and oxygen atoms in total. The molecule has 0 fully saturated rings. The number of halogens is 2. The van der Waals surface area contributed by atoms with Crippen LogP contribution in [-0.2, 0) is 12.8 Å². The highest BCUT2D eigenvalue weighted by Crippen LogP contribution is 2.34. The van der Waals surface area contributed by atoms with Crippen molar-refractivity contribution >= 4 is 35.0 Å². The molecule has 3 N–H and O–H groups in total. The van der Waals surface area contributed by atoms with Crippen molar-refractivity contribution in [2.45, 2.75) is 12.8 Å². The maximum Gasteiger partial charge on any atom is 0.274 e. The summed E-state index contributed by atoms with van der Waals surface area (Å²) in [6.07, 6.45) is 2.70. The number of nitrogens with two attached hydrogens (primary N) is 1. The SMILES string of the molecule is NC(=O)c1nn(NC(=O)c2cc(Cl)cnc2Cl)c2c1CCc1ccccc1-2. The first kappa shape index (κ1) is 17.5. The fourth-order valence-electron chi connectivity index (χ4n) is 3.21. The Hall–Kier alpha value is -2.90. The first-order chi connectivity index (χ1) is 13.0. The highest BCUT2D eigenvalue weighted by atomic mass is 35.5. The minimum atomic E-state index is -0.652. The minimum Gasteiger partial charge on any atom is -0.364 e. The van der Waals surface area contributed by atoms with Gasteiger partial charge in [0.2, 0.25) is 0 Å². The Kier molecular flexibility index (Phi) is 4.33. The number of aryl methyl sites for hydroxylation is 1. The van der Waals surface area contributed by atoms with E-state index in [4.69, 9.17) is 28.9 Å². The van der Waals surface area contributed by atoms with E-state index < -0.39 is 11.8 Å². The number of hydrogen-bond acceptors (Lipinski definition) is 4. The lowest BCUT2D eigenvalue weighted by Gasteiger charge is -2.18. The van der Waals surface area contributed by atoms with Gasteiger partial charge in [0, 0.05) is 17.3 Å². The van der Waals surface area contributed by atoms with Crippen LogP contribution in [0.3, 0.4) is 0 Å². The molecule has 0 bridgehead atoms. The Labute approximate surface area is 164 Å². The van der Waals surface area contributed by atoms with E-state index in [1.165, 1.54) is 17.1 Å². The van der Waals surface area contributed by atoms with Crippen molar-refractivity contribution in [2.75, 3.05) is 5.43 Å². The second-order valence-electron chi connectivity index (χ2n) is 6.04. The van der Waals surface area contributed by atoms with Crippen LogP contribution in [0.4, 0.5) is 0 Å². The number of amides is 2. The summed E-state index contributed by atoms with van der Waals surface area (Å²) in [6.45, 7) is 0. The van der Waals surface area contributed by atoms with Crippen LogP contribution in [0, 0.1) is 0 Å². The summed E-state index contributed by atoms with van der Waals surface area (Å²) < 4.78 is 0. The predicted octanol–water partition coefficient (Wildman–Crippen LogP) is 2.83. The standard InChI is InChI=1S/C18H13Cl2N5O2/c19-10-7-13(16(20)22-8-10)18(27)24-25-15-11-4-2-1-3-9(11)5-6-12(15)14(23-25)17(21)26/h1-4,7-8H,5-6H2,(H2,21,26)(H,24,27). The maximum atomic E-state index is 12.7. The summed E-state index contributed by atoms with van der Waals surface area (Å²) in [5.74, 6) is -1.21. The molecule has 136 valence electrons. The fraction of sp³-hybridized carbons (Fsp3) is 0.111. The zero-order valence-electron chi connectivity index (χ0n) is 13.9. The van der Waals surface area contributed by atoms with E-state index >= 15 is 0 Å². The number of nitrogens with zero attached hydrogens (tertiary/aromatic N) is 3. The van der Waals surface area contributed by atoms with E-state index in [2.05, 4.69) is 15.5 Å². The van der Waals surface area contributed by atoms with Gasteiger partial charge in [0.1, 0.15) is 5.15 Å². The summed E-state index contributed by atoms with van der Waals surface area (Å²) >= 11 is 11.9. The molecule has 0 atom stereocenters. The Morgan fingerprint density at radius 2 is 1.96 bits per heavy atom. The number of rotatable bonds is 3. The quantitative estimate of drug-likeness (QED) is 0.658. The Morgan fingerprint density at radius 3 is 2.74 bits per heavy atom. The first-order valence-corrected chi connectivity index (χ1v) is 8.83. The summed E-state index contributed by atoms with van der Waals surface area (Å²) in [7, 11) is 0. The number of fused-ring (bicyclic) bond motifs is 3. The molecular weight excluding hydrogens is 389 g/mol. The fourth-order valence-corrected chi connectivity index (χ4v) is 3.56. The Morgan fingerprint density at radius 1 is 1.19 bits per heavy atom. The first-order valence-electron chi connectivity index (χ1n) is 8.08. The molecule has 3 aromatic rings. The maximum absolute atomic E-state index is 12.7. The molecule has 9 heteroatoms. The summed E-state index contributed by atoms with van der Waals surface area (Å²) in [6, 6.07) is 9.14. The number of carbonyl (C=O) groups excluding carboxylic acids is 2. The van der Waals surface area contributed by atoms with Crippen molar-refractivity contribution in [3.05, 3.63) is 69.1 Å². The summed E-state index contributed by atoms with van der Waals surface area (Å²) in [5.41, 5.74) is 11.7. The number of benzene rings is 1. The van der Waals surface area contributed by atoms with Crippen LogP contribution >= 0.6 is 23.2 Å². The van der Waals surface area contributed by atoms with Gasteiger partial charge in [-0.2, -0.15) is 4.79 Å². The number of pyridine rings is 1. The lowest BCUT2D eigenvalue weighted by Crippen LogP contribution is -2.26. The largest absolute Gasteiger partial charge is 0.364 e. The number of aromatic nitrogens is 3. The van der Waals surface area contributed by atoms with Crippen LogP contribution in [0.1, 0.15) is 32.0 Å². The van der Waals surface area contributed by atoms with Crippen molar-refractivity contribution in [2.24, 2.45) is 5.73 Å². The molecule has 2 amide bonds. The van der Waals surface area contributed by atoms with Crippen LogP contribution < -0.4 is 11.2 Å². The molecule has 1 aliphatic rings. The molecule has 2 aromatic heterocycles. The monoisotopic (exact) mass is 401 g/mol. The highest BCUT2D eigenvalue weighted by molar-refractivity contribution is 6.35. The van der Waals surface area contributed by atoms with Crippen molar-refractivity contribution in [3.63, 3.8) is 0 Å². The molecule has 1 aromatic carbocycles. The van der Waals surface area contributed by atoms with Gasteiger partial charge in [-0.3, -0.25) is 9.59 Å². The molecule has 4 rings (SSSR count). The Balaban J connectivity index is 1.82. The van der Waals surface area contributed by atoms with Crippen LogP contribution in [0.15, 0.2) is 36.5 Å². The van der Waals surface area contributed by atoms with Gasteiger partial charge in [-0.05, 0) is 24.5 Å². The van der Waals surface area contributed by atoms with Crippen molar-refractivity contribution in [1.29, 1.82) is 0 Å². The van der Waals surface area contributed by atoms with Crippen LogP contribution in [0.5, 0.6) is 0 Å². The molecule has 0 aliphatic heterocycles. The third-order valence-electron chi connectivity index (χ3n) is 4.39. The number of primary amides is 1. The lowest BCUT2D eigenvalue weighted by atomic mass is 9.89.